The SMILES string of the molecule is O=C(Nc1ccc2c(c1)OCCO2)C1CCCN(C(=O)c2ccccc2OC(F)F)C1. The summed E-state index contributed by atoms with van der Waals surface area (Å²) in [5.74, 6) is -0.0534. The molecule has 0 aromatic heterocycles. The van der Waals surface area contributed by atoms with Crippen molar-refractivity contribution in [2.75, 3.05) is 31.6 Å². The molecule has 1 fully saturated rings. The smallest absolute Gasteiger partial charge is 0.387 e. The molecule has 31 heavy (non-hydrogen) atoms. The van der Waals surface area contributed by atoms with Gasteiger partial charge >= 0.3 is 6.61 Å². The van der Waals surface area contributed by atoms with E-state index in [2.05, 4.69) is 10.1 Å². The van der Waals surface area contributed by atoms with E-state index >= 15 is 0 Å². The maximum Gasteiger partial charge on any atom is 0.387 e. The first-order chi connectivity index (χ1) is 15.0. The number of nitrogens with one attached hydrogen (secondary N) is 1. The fourth-order valence-corrected chi connectivity index (χ4v) is 3.75. The third-order valence-corrected chi connectivity index (χ3v) is 5.22. The van der Waals surface area contributed by atoms with Gasteiger partial charge in [-0.25, -0.2) is 0 Å². The third kappa shape index (κ3) is 4.87. The molecular weight excluding hydrogens is 410 g/mol. The second-order valence-corrected chi connectivity index (χ2v) is 7.31. The normalized spacial score (nSPS) is 17.9. The Morgan fingerprint density at radius 3 is 2.68 bits per heavy atom. The topological polar surface area (TPSA) is 77.1 Å². The summed E-state index contributed by atoms with van der Waals surface area (Å²) in [7, 11) is 0. The summed E-state index contributed by atoms with van der Waals surface area (Å²) in [4.78, 5) is 27.2. The van der Waals surface area contributed by atoms with Crippen molar-refractivity contribution in [2.45, 2.75) is 19.5 Å². The number of para-hydroxylation sites is 1. The highest BCUT2D eigenvalue weighted by Gasteiger charge is 2.30. The van der Waals surface area contributed by atoms with Crippen molar-refractivity contribution in [1.82, 2.24) is 4.90 Å². The number of hydrogen-bond acceptors (Lipinski definition) is 5. The predicted octanol–water partition coefficient (Wildman–Crippen LogP) is 3.55. The average molecular weight is 432 g/mol. The quantitative estimate of drug-likeness (QED) is 0.782. The average Bonchev–Trinajstić information content (AvgIpc) is 2.78. The maximum absolute atomic E-state index is 12.9. The zero-order chi connectivity index (χ0) is 21.8. The standard InChI is InChI=1S/C22H22F2N2O5/c23-22(24)31-17-6-2-1-5-16(17)21(28)26-9-3-4-14(13-26)20(27)25-15-7-8-18-19(12-15)30-11-10-29-18/h1-2,5-8,12,14,22H,3-4,9-11,13H2,(H,25,27). The maximum atomic E-state index is 12.9. The lowest BCUT2D eigenvalue weighted by Gasteiger charge is -2.32. The first-order valence-electron chi connectivity index (χ1n) is 10.0. The van der Waals surface area contributed by atoms with Gasteiger partial charge in [0.05, 0.1) is 11.5 Å². The zero-order valence-corrected chi connectivity index (χ0v) is 16.7. The molecule has 2 aromatic carbocycles. The number of fused-ring (bicyclic) bond motifs is 1. The van der Waals surface area contributed by atoms with Crippen LogP contribution in [0.5, 0.6) is 17.2 Å². The highest BCUT2D eigenvalue weighted by molar-refractivity contribution is 5.98. The summed E-state index contributed by atoms with van der Waals surface area (Å²) < 4.78 is 40.8. The van der Waals surface area contributed by atoms with Gasteiger partial charge in [0.25, 0.3) is 5.91 Å². The second-order valence-electron chi connectivity index (χ2n) is 7.31. The van der Waals surface area contributed by atoms with Gasteiger partial charge in [-0.2, -0.15) is 8.78 Å². The number of carbonyl (C=O) groups is 2. The Morgan fingerprint density at radius 1 is 1.10 bits per heavy atom. The number of ether oxygens (including phenoxy) is 3. The number of nitrogens with zero attached hydrogens (tertiary/aromatic N) is 1. The molecule has 2 amide bonds. The van der Waals surface area contributed by atoms with Gasteiger partial charge < -0.3 is 24.4 Å². The van der Waals surface area contributed by atoms with Gasteiger partial charge in [0, 0.05) is 24.8 Å². The van der Waals surface area contributed by atoms with Gasteiger partial charge in [-0.05, 0) is 37.1 Å². The van der Waals surface area contributed by atoms with Crippen molar-refractivity contribution in [3.63, 3.8) is 0 Å². The summed E-state index contributed by atoms with van der Waals surface area (Å²) in [5.41, 5.74) is 0.629. The summed E-state index contributed by atoms with van der Waals surface area (Å²) in [6, 6.07) is 11.1. The number of rotatable bonds is 5. The Hall–Kier alpha value is -3.36. The van der Waals surface area contributed by atoms with E-state index in [0.717, 1.165) is 0 Å². The Bertz CT molecular complexity index is 969. The van der Waals surface area contributed by atoms with Crippen molar-refractivity contribution >= 4 is 17.5 Å². The molecular formula is C22H22F2N2O5. The third-order valence-electron chi connectivity index (χ3n) is 5.22. The van der Waals surface area contributed by atoms with Crippen LogP contribution in [-0.4, -0.2) is 49.6 Å². The van der Waals surface area contributed by atoms with Gasteiger partial charge in [0.15, 0.2) is 11.5 Å². The lowest BCUT2D eigenvalue weighted by molar-refractivity contribution is -0.121. The van der Waals surface area contributed by atoms with Crippen LogP contribution in [0.2, 0.25) is 0 Å². The second kappa shape index (κ2) is 9.20. The Balaban J connectivity index is 1.42. The Labute approximate surface area is 177 Å². The van der Waals surface area contributed by atoms with Crippen LogP contribution in [0.25, 0.3) is 0 Å². The number of anilines is 1. The number of carbonyl (C=O) groups excluding carboxylic acids is 2. The van der Waals surface area contributed by atoms with E-state index in [1.807, 2.05) is 0 Å². The van der Waals surface area contributed by atoms with Crippen LogP contribution in [-0.2, 0) is 4.79 Å². The van der Waals surface area contributed by atoms with Crippen molar-refractivity contribution < 1.29 is 32.6 Å². The molecule has 0 bridgehead atoms. The molecule has 1 unspecified atom stereocenters. The minimum absolute atomic E-state index is 0.0516. The van der Waals surface area contributed by atoms with Gasteiger partial charge in [-0.3, -0.25) is 9.59 Å². The number of hydrogen-bond donors (Lipinski definition) is 1. The number of benzene rings is 2. The molecule has 4 rings (SSSR count). The van der Waals surface area contributed by atoms with Crippen molar-refractivity contribution in [3.8, 4) is 17.2 Å². The highest BCUT2D eigenvalue weighted by Crippen LogP contribution is 2.33. The van der Waals surface area contributed by atoms with E-state index in [1.165, 1.54) is 23.1 Å². The van der Waals surface area contributed by atoms with E-state index in [4.69, 9.17) is 9.47 Å². The van der Waals surface area contributed by atoms with Gasteiger partial charge in [-0.15, -0.1) is 0 Å². The van der Waals surface area contributed by atoms with E-state index in [-0.39, 0.29) is 23.8 Å². The summed E-state index contributed by atoms with van der Waals surface area (Å²) in [6.45, 7) is -1.47. The molecule has 1 N–H and O–H groups in total. The molecule has 0 spiro atoms. The molecule has 0 radical (unpaired) electrons. The minimum Gasteiger partial charge on any atom is -0.486 e. The Kier molecular flexibility index (Phi) is 6.20. The van der Waals surface area contributed by atoms with Crippen LogP contribution in [0, 0.1) is 5.92 Å². The van der Waals surface area contributed by atoms with Crippen molar-refractivity contribution in [3.05, 3.63) is 48.0 Å². The number of piperidine rings is 1. The molecule has 164 valence electrons. The first-order valence-corrected chi connectivity index (χ1v) is 10.0. The number of amides is 2. The van der Waals surface area contributed by atoms with Crippen LogP contribution in [0.4, 0.5) is 14.5 Å². The molecule has 2 heterocycles. The van der Waals surface area contributed by atoms with Crippen molar-refractivity contribution in [1.29, 1.82) is 0 Å². The molecule has 7 nitrogen and oxygen atoms in total. The van der Waals surface area contributed by atoms with E-state index < -0.39 is 18.4 Å². The fraction of sp³-hybridized carbons (Fsp3) is 0.364. The van der Waals surface area contributed by atoms with Gasteiger partial charge in [0.1, 0.15) is 19.0 Å². The fourth-order valence-electron chi connectivity index (χ4n) is 3.75. The van der Waals surface area contributed by atoms with Crippen molar-refractivity contribution in [2.24, 2.45) is 5.92 Å². The van der Waals surface area contributed by atoms with Gasteiger partial charge in [0.2, 0.25) is 5.91 Å². The summed E-state index contributed by atoms with van der Waals surface area (Å²) in [6.07, 6.45) is 1.25. The Morgan fingerprint density at radius 2 is 1.87 bits per heavy atom. The predicted molar refractivity (Wildman–Crippen MR) is 108 cm³/mol. The minimum atomic E-state index is -3.03. The van der Waals surface area contributed by atoms with E-state index in [1.54, 1.807) is 24.3 Å². The first kappa shape index (κ1) is 20.9. The number of halogens is 2. The number of likely N-dealkylation sites (tertiary alicyclic amines) is 1. The van der Waals surface area contributed by atoms with Crippen LogP contribution >= 0.6 is 0 Å². The molecule has 1 saturated heterocycles. The lowest BCUT2D eigenvalue weighted by Crippen LogP contribution is -2.43. The molecule has 9 heteroatoms. The van der Waals surface area contributed by atoms with Crippen LogP contribution in [0.1, 0.15) is 23.2 Å². The van der Waals surface area contributed by atoms with Crippen LogP contribution in [0.15, 0.2) is 42.5 Å². The molecule has 2 aromatic rings. The van der Waals surface area contributed by atoms with E-state index in [9.17, 15) is 18.4 Å². The van der Waals surface area contributed by atoms with Gasteiger partial charge in [-0.1, -0.05) is 12.1 Å². The zero-order valence-electron chi connectivity index (χ0n) is 16.7. The summed E-state index contributed by atoms with van der Waals surface area (Å²) >= 11 is 0. The molecule has 2 aliphatic rings. The highest BCUT2D eigenvalue weighted by atomic mass is 19.3. The van der Waals surface area contributed by atoms with Crippen LogP contribution in [0.3, 0.4) is 0 Å². The lowest BCUT2D eigenvalue weighted by atomic mass is 9.96. The number of alkyl halides is 2. The molecule has 2 aliphatic heterocycles. The largest absolute Gasteiger partial charge is 0.486 e. The monoisotopic (exact) mass is 432 g/mol. The molecule has 1 atom stereocenters. The van der Waals surface area contributed by atoms with E-state index in [0.29, 0.717) is 49.8 Å². The van der Waals surface area contributed by atoms with Crippen LogP contribution < -0.4 is 19.5 Å². The molecule has 0 aliphatic carbocycles. The summed E-state index contributed by atoms with van der Waals surface area (Å²) in [5, 5.41) is 2.86. The molecule has 0 saturated carbocycles.